The highest BCUT2D eigenvalue weighted by Gasteiger charge is 2.21. The van der Waals surface area contributed by atoms with Crippen molar-refractivity contribution in [3.63, 3.8) is 0 Å². The zero-order valence-corrected chi connectivity index (χ0v) is 13.1. The molecular weight excluding hydrogens is 290 g/mol. The van der Waals surface area contributed by atoms with Crippen LogP contribution >= 0.6 is 0 Å². The van der Waals surface area contributed by atoms with Gasteiger partial charge in [0.15, 0.2) is 5.65 Å². The van der Waals surface area contributed by atoms with E-state index in [1.165, 1.54) is 0 Å². The normalized spacial score (nSPS) is 15.3. The summed E-state index contributed by atoms with van der Waals surface area (Å²) in [6, 6.07) is 4.11. The summed E-state index contributed by atoms with van der Waals surface area (Å²) in [4.78, 5) is 17.8. The Labute approximate surface area is 134 Å². The third kappa shape index (κ3) is 2.58. The average molecular weight is 309 g/mol. The van der Waals surface area contributed by atoms with Crippen LogP contribution in [0.2, 0.25) is 0 Å². The van der Waals surface area contributed by atoms with Gasteiger partial charge < -0.3 is 9.80 Å². The summed E-state index contributed by atoms with van der Waals surface area (Å²) < 4.78 is 1.93. The zero-order chi connectivity index (χ0) is 15.6. The van der Waals surface area contributed by atoms with E-state index >= 15 is 0 Å². The Morgan fingerprint density at radius 1 is 1.04 bits per heavy atom. The number of rotatable bonds is 3. The first-order valence-electron chi connectivity index (χ1n) is 7.94. The quantitative estimate of drug-likeness (QED) is 0.729. The molecule has 7 heteroatoms. The van der Waals surface area contributed by atoms with Crippen LogP contribution in [-0.2, 0) is 6.42 Å². The van der Waals surface area contributed by atoms with E-state index in [1.54, 1.807) is 18.6 Å². The molecule has 0 bridgehead atoms. The van der Waals surface area contributed by atoms with Crippen molar-refractivity contribution in [2.45, 2.75) is 13.3 Å². The average Bonchev–Trinajstić information content (AvgIpc) is 3.10. The predicted octanol–water partition coefficient (Wildman–Crippen LogP) is 1.41. The second-order valence-corrected chi connectivity index (χ2v) is 5.60. The van der Waals surface area contributed by atoms with E-state index in [-0.39, 0.29) is 0 Å². The fourth-order valence-electron chi connectivity index (χ4n) is 2.97. The second kappa shape index (κ2) is 5.83. The first-order chi connectivity index (χ1) is 11.3. The van der Waals surface area contributed by atoms with Gasteiger partial charge in [-0.05, 0) is 6.42 Å². The molecule has 1 aliphatic heterocycles. The van der Waals surface area contributed by atoms with E-state index in [1.807, 2.05) is 16.8 Å². The maximum absolute atomic E-state index is 4.62. The standard InChI is InChI=1S/C16H19N7/c1-2-13-11-16(23-14(20-13)3-4-19-23)22-9-7-21(8-10-22)15-12-17-5-6-18-15/h3-6,11-12H,2,7-10H2,1H3. The summed E-state index contributed by atoms with van der Waals surface area (Å²) in [5.74, 6) is 2.07. The van der Waals surface area contributed by atoms with E-state index in [2.05, 4.69) is 42.8 Å². The van der Waals surface area contributed by atoms with Gasteiger partial charge in [-0.15, -0.1) is 0 Å². The molecule has 0 unspecified atom stereocenters. The molecule has 0 spiro atoms. The zero-order valence-electron chi connectivity index (χ0n) is 13.1. The van der Waals surface area contributed by atoms with Crippen molar-refractivity contribution in [3.8, 4) is 0 Å². The van der Waals surface area contributed by atoms with Crippen molar-refractivity contribution in [3.05, 3.63) is 42.6 Å². The summed E-state index contributed by atoms with van der Waals surface area (Å²) in [5.41, 5.74) is 2.01. The molecule has 4 heterocycles. The Kier molecular flexibility index (Phi) is 3.53. The third-order valence-corrected chi connectivity index (χ3v) is 4.23. The Morgan fingerprint density at radius 2 is 1.87 bits per heavy atom. The molecule has 23 heavy (non-hydrogen) atoms. The molecule has 1 fully saturated rings. The van der Waals surface area contributed by atoms with Crippen molar-refractivity contribution in [1.82, 2.24) is 24.6 Å². The van der Waals surface area contributed by atoms with Gasteiger partial charge in [0.1, 0.15) is 11.6 Å². The Morgan fingerprint density at radius 3 is 2.61 bits per heavy atom. The van der Waals surface area contributed by atoms with Gasteiger partial charge in [0.25, 0.3) is 0 Å². The van der Waals surface area contributed by atoms with Gasteiger partial charge in [-0.1, -0.05) is 6.92 Å². The van der Waals surface area contributed by atoms with E-state index in [0.717, 1.165) is 55.6 Å². The van der Waals surface area contributed by atoms with Crippen LogP contribution in [0.3, 0.4) is 0 Å². The van der Waals surface area contributed by atoms with Crippen LogP contribution in [0.5, 0.6) is 0 Å². The fourth-order valence-corrected chi connectivity index (χ4v) is 2.97. The lowest BCUT2D eigenvalue weighted by molar-refractivity contribution is 0.632. The molecular formula is C16H19N7. The summed E-state index contributed by atoms with van der Waals surface area (Å²) >= 11 is 0. The summed E-state index contributed by atoms with van der Waals surface area (Å²) in [6.07, 6.45) is 8.00. The van der Waals surface area contributed by atoms with Crippen LogP contribution in [0.1, 0.15) is 12.6 Å². The van der Waals surface area contributed by atoms with Gasteiger partial charge in [-0.3, -0.25) is 4.98 Å². The molecule has 0 N–H and O–H groups in total. The molecule has 0 aromatic carbocycles. The number of piperazine rings is 1. The Balaban J connectivity index is 1.58. The number of aryl methyl sites for hydroxylation is 1. The number of hydrogen-bond donors (Lipinski definition) is 0. The summed E-state index contributed by atoms with van der Waals surface area (Å²) in [7, 11) is 0. The number of hydrogen-bond acceptors (Lipinski definition) is 6. The number of anilines is 2. The monoisotopic (exact) mass is 309 g/mol. The lowest BCUT2D eigenvalue weighted by Crippen LogP contribution is -2.47. The minimum Gasteiger partial charge on any atom is -0.353 e. The molecule has 7 nitrogen and oxygen atoms in total. The molecule has 3 aromatic heterocycles. The van der Waals surface area contributed by atoms with Crippen molar-refractivity contribution in [2.24, 2.45) is 0 Å². The first kappa shape index (κ1) is 13.9. The first-order valence-corrected chi connectivity index (χ1v) is 7.94. The van der Waals surface area contributed by atoms with Crippen LogP contribution < -0.4 is 9.80 Å². The minimum atomic E-state index is 0.913. The summed E-state index contributed by atoms with van der Waals surface area (Å²) in [6.45, 7) is 5.83. The van der Waals surface area contributed by atoms with Crippen LogP contribution in [-0.4, -0.2) is 50.7 Å². The van der Waals surface area contributed by atoms with E-state index in [4.69, 9.17) is 0 Å². The number of aromatic nitrogens is 5. The number of fused-ring (bicyclic) bond motifs is 1. The third-order valence-electron chi connectivity index (χ3n) is 4.23. The molecule has 0 amide bonds. The van der Waals surface area contributed by atoms with Gasteiger partial charge in [-0.2, -0.15) is 9.61 Å². The maximum Gasteiger partial charge on any atom is 0.157 e. The highest BCUT2D eigenvalue weighted by Crippen LogP contribution is 2.20. The topological polar surface area (TPSA) is 62.5 Å². The van der Waals surface area contributed by atoms with Gasteiger partial charge in [0.05, 0.1) is 12.4 Å². The highest BCUT2D eigenvalue weighted by atomic mass is 15.4. The second-order valence-electron chi connectivity index (χ2n) is 5.60. The molecule has 1 saturated heterocycles. The molecule has 0 radical (unpaired) electrons. The van der Waals surface area contributed by atoms with Crippen LogP contribution in [0.15, 0.2) is 36.9 Å². The molecule has 0 aliphatic carbocycles. The van der Waals surface area contributed by atoms with Crippen LogP contribution in [0, 0.1) is 0 Å². The molecule has 118 valence electrons. The molecule has 3 aromatic rings. The van der Waals surface area contributed by atoms with Crippen molar-refractivity contribution < 1.29 is 0 Å². The lowest BCUT2D eigenvalue weighted by Gasteiger charge is -2.36. The van der Waals surface area contributed by atoms with E-state index < -0.39 is 0 Å². The molecule has 4 rings (SSSR count). The summed E-state index contributed by atoms with van der Waals surface area (Å²) in [5, 5.41) is 4.42. The highest BCUT2D eigenvalue weighted by molar-refractivity contribution is 5.52. The van der Waals surface area contributed by atoms with Gasteiger partial charge in [0.2, 0.25) is 0 Å². The molecule has 1 aliphatic rings. The maximum atomic E-state index is 4.62. The predicted molar refractivity (Wildman–Crippen MR) is 88.8 cm³/mol. The minimum absolute atomic E-state index is 0.913. The fraction of sp³-hybridized carbons (Fsp3) is 0.375. The number of nitrogens with zero attached hydrogens (tertiary/aromatic N) is 7. The Hall–Kier alpha value is -2.70. The Bertz CT molecular complexity index is 791. The van der Waals surface area contributed by atoms with Crippen molar-refractivity contribution >= 4 is 17.3 Å². The van der Waals surface area contributed by atoms with E-state index in [0.29, 0.717) is 0 Å². The largest absolute Gasteiger partial charge is 0.353 e. The SMILES string of the molecule is CCc1cc(N2CCN(c3cnccn3)CC2)n2nccc2n1. The van der Waals surface area contributed by atoms with Gasteiger partial charge in [0, 0.05) is 56.4 Å². The van der Waals surface area contributed by atoms with E-state index in [9.17, 15) is 0 Å². The van der Waals surface area contributed by atoms with Gasteiger partial charge in [-0.25, -0.2) is 9.97 Å². The van der Waals surface area contributed by atoms with Crippen LogP contribution in [0.25, 0.3) is 5.65 Å². The molecule has 0 atom stereocenters. The lowest BCUT2D eigenvalue weighted by atomic mass is 10.2. The van der Waals surface area contributed by atoms with Crippen LogP contribution in [0.4, 0.5) is 11.6 Å². The smallest absolute Gasteiger partial charge is 0.157 e. The van der Waals surface area contributed by atoms with Crippen molar-refractivity contribution in [1.29, 1.82) is 0 Å². The van der Waals surface area contributed by atoms with Gasteiger partial charge >= 0.3 is 0 Å². The molecule has 0 saturated carbocycles. The van der Waals surface area contributed by atoms with Crippen molar-refractivity contribution in [2.75, 3.05) is 36.0 Å².